The number of benzene rings is 11. The monoisotopic (exact) mass is 1930 g/mol. The quantitative estimate of drug-likeness (QED) is 0.0945. The van der Waals surface area contributed by atoms with Crippen LogP contribution in [0.25, 0.3) is 82.2 Å². The van der Waals surface area contributed by atoms with Gasteiger partial charge in [0, 0.05) is 102 Å². The topological polar surface area (TPSA) is 258 Å². The van der Waals surface area contributed by atoms with Gasteiger partial charge in [0.25, 0.3) is 0 Å². The molecule has 2 atom stereocenters. The molecule has 4 aliphatic heterocycles. The number of allylic oxidation sites excluding steroid dienone is 6. The summed E-state index contributed by atoms with van der Waals surface area (Å²) >= 11 is 1.74. The molecule has 21 aromatic rings. The van der Waals surface area contributed by atoms with E-state index in [4.69, 9.17) is 22.8 Å². The van der Waals surface area contributed by atoms with Gasteiger partial charge in [0.2, 0.25) is 12.3 Å². The van der Waals surface area contributed by atoms with Crippen molar-refractivity contribution in [2.45, 2.75) is 136 Å². The van der Waals surface area contributed by atoms with Crippen LogP contribution in [0.15, 0.2) is 407 Å². The number of aryl methyl sites for hydroxylation is 14. The van der Waals surface area contributed by atoms with Gasteiger partial charge < -0.3 is 47.8 Å². The van der Waals surface area contributed by atoms with E-state index in [0.717, 1.165) is 139 Å². The van der Waals surface area contributed by atoms with Gasteiger partial charge in [-0.25, -0.2) is 15.0 Å². The highest BCUT2D eigenvalue weighted by atomic mass is 32.1. The molecule has 14 heterocycles. The molecule has 2 aliphatic carbocycles. The first-order valence-corrected chi connectivity index (χ1v) is 49.0. The fourth-order valence-electron chi connectivity index (χ4n) is 15.2. The lowest BCUT2D eigenvalue weighted by atomic mass is 10.1. The molecule has 144 heavy (non-hydrogen) atoms. The van der Waals surface area contributed by atoms with Crippen LogP contribution in [-0.4, -0.2) is 73.7 Å². The third-order valence-electron chi connectivity index (χ3n) is 23.0. The molecule has 0 spiro atoms. The van der Waals surface area contributed by atoms with Crippen molar-refractivity contribution < 1.29 is 27.2 Å². The number of nitrogens with zero attached hydrogens (tertiary/aromatic N) is 9. The van der Waals surface area contributed by atoms with Gasteiger partial charge >= 0.3 is 0 Å². The fraction of sp³-hybridized carbons (Fsp3) is 0.195. The Bertz CT molecular complexity index is 7090. The maximum atomic E-state index is 5.38. The highest BCUT2D eigenvalue weighted by Crippen LogP contribution is 2.49. The van der Waals surface area contributed by atoms with Crippen molar-refractivity contribution in [2.24, 2.45) is 11.8 Å². The maximum Gasteiger partial charge on any atom is 0.213 e. The number of pyridine rings is 2. The second-order valence-corrected chi connectivity index (χ2v) is 36.4. The lowest BCUT2D eigenvalue weighted by Gasteiger charge is -2.11. The zero-order valence-corrected chi connectivity index (χ0v) is 86.1. The van der Waals surface area contributed by atoms with Gasteiger partial charge in [-0.15, -0.1) is 21.5 Å². The predicted molar refractivity (Wildman–Crippen MR) is 593 cm³/mol. The zero-order valence-electron chi connectivity index (χ0n) is 85.3. The summed E-state index contributed by atoms with van der Waals surface area (Å²) in [4.78, 5) is 26.9. The van der Waals surface area contributed by atoms with Crippen LogP contribution < -0.4 is 20.1 Å². The van der Waals surface area contributed by atoms with E-state index in [2.05, 4.69) is 272 Å². The number of H-pyrrole nitrogens is 3. The third-order valence-corrected chi connectivity index (χ3v) is 23.9. The van der Waals surface area contributed by atoms with Crippen molar-refractivity contribution in [3.05, 3.63) is 490 Å². The van der Waals surface area contributed by atoms with Crippen molar-refractivity contribution in [1.29, 1.82) is 0 Å². The van der Waals surface area contributed by atoms with E-state index in [1.807, 2.05) is 249 Å². The lowest BCUT2D eigenvalue weighted by Crippen LogP contribution is -2.12. The molecule has 0 radical (unpaired) electrons. The summed E-state index contributed by atoms with van der Waals surface area (Å²) in [6.45, 7) is 41.8. The molecule has 0 saturated heterocycles. The highest BCUT2D eigenvalue weighted by molar-refractivity contribution is 7.18. The zero-order chi connectivity index (χ0) is 102. The third kappa shape index (κ3) is 34.7. The van der Waals surface area contributed by atoms with Crippen LogP contribution in [-0.2, 0) is 19.3 Å². The Morgan fingerprint density at radius 3 is 1.76 bits per heavy atom. The van der Waals surface area contributed by atoms with Gasteiger partial charge in [0.15, 0.2) is 17.1 Å². The van der Waals surface area contributed by atoms with E-state index in [9.17, 15) is 0 Å². The largest absolute Gasteiger partial charge is 0.493 e. The van der Waals surface area contributed by atoms with E-state index in [1.165, 1.54) is 123 Å². The van der Waals surface area contributed by atoms with Crippen molar-refractivity contribution >= 4 is 93.5 Å². The molecule has 11 aromatic carbocycles. The van der Waals surface area contributed by atoms with Crippen LogP contribution in [0.4, 0.5) is 0 Å². The number of dihydropyridines is 1. The number of nitrogens with one attached hydrogen (secondary N) is 5. The average molecular weight is 1930 g/mol. The van der Waals surface area contributed by atoms with Gasteiger partial charge in [0.1, 0.15) is 28.4 Å². The summed E-state index contributed by atoms with van der Waals surface area (Å²) in [5, 5.41) is 29.5. The second-order valence-electron chi connectivity index (χ2n) is 35.2. The van der Waals surface area contributed by atoms with Crippen LogP contribution in [0.3, 0.4) is 0 Å². The van der Waals surface area contributed by atoms with Gasteiger partial charge in [0.05, 0.1) is 63.6 Å². The van der Waals surface area contributed by atoms with Crippen LogP contribution in [0.1, 0.15) is 121 Å². The molecule has 21 heteroatoms. The van der Waals surface area contributed by atoms with E-state index in [1.54, 1.807) is 43.1 Å². The Balaban J connectivity index is 0.000000137. The van der Waals surface area contributed by atoms with Crippen LogP contribution in [0.2, 0.25) is 0 Å². The number of thiazole rings is 1. The SMILES string of the molecule is C=C1C=CC(C)=CN1.C=C1NC=C(C)C2CC12.Cc1ccc2c(c1)C=CC2.Cc1ccc2c(c1)CCO2.Cc1ccc2c(c1)OCC2.Cc1ccc2occc2c1.Cc1cccc2cc[nH]c12.Cc1cccc2cn[nH]c12.Cc1cccc2cnoc12.Cc1ccccc1.Cc1ccccn1.Cc1cccnc1.Cc1nc2ccccc2[nH]1.Cc1nc2ccccc2o1.Cc1nc2ccccc2s1.Cc1nnco1. The van der Waals surface area contributed by atoms with Crippen molar-refractivity contribution in [3.8, 4) is 11.5 Å². The number of hydrogen-bond donors (Lipinski definition) is 5. The van der Waals surface area contributed by atoms with Gasteiger partial charge in [-0.1, -0.05) is 240 Å². The summed E-state index contributed by atoms with van der Waals surface area (Å²) in [6, 6.07) is 92.0. The van der Waals surface area contributed by atoms with Crippen molar-refractivity contribution in [1.82, 2.24) is 71.1 Å². The fourth-order valence-corrected chi connectivity index (χ4v) is 16.0. The molecular weight excluding hydrogens is 1800 g/mol. The Kier molecular flexibility index (Phi) is 40.8. The molecule has 1 saturated carbocycles. The molecule has 2 unspecified atom stereocenters. The summed E-state index contributed by atoms with van der Waals surface area (Å²) in [7, 11) is 0. The summed E-state index contributed by atoms with van der Waals surface area (Å²) in [5.74, 6) is 6.08. The number of rotatable bonds is 0. The van der Waals surface area contributed by atoms with Crippen molar-refractivity contribution in [3.63, 3.8) is 0 Å². The second kappa shape index (κ2) is 55.4. The minimum atomic E-state index is 0.606. The minimum absolute atomic E-state index is 0.606. The molecular formula is C123H130N14O6S. The van der Waals surface area contributed by atoms with Gasteiger partial charge in [-0.2, -0.15) is 5.10 Å². The number of para-hydroxylation sites is 8. The molecule has 20 nitrogen and oxygen atoms in total. The Hall–Kier alpha value is -16.7. The number of imidazole rings is 1. The van der Waals surface area contributed by atoms with Gasteiger partial charge in [-0.05, 0) is 286 Å². The molecule has 6 aliphatic rings. The molecule has 10 aromatic heterocycles. The number of oxazole rings is 1. The predicted octanol–water partition coefficient (Wildman–Crippen LogP) is 30.6. The van der Waals surface area contributed by atoms with Crippen LogP contribution in [0.5, 0.6) is 11.5 Å². The van der Waals surface area contributed by atoms with Crippen LogP contribution in [0, 0.1) is 109 Å². The summed E-state index contributed by atoms with van der Waals surface area (Å²) in [6.07, 6.45) is 30.9. The van der Waals surface area contributed by atoms with Crippen molar-refractivity contribution in [2.75, 3.05) is 13.2 Å². The molecule has 5 N–H and O–H groups in total. The average Bonchev–Trinajstić information content (AvgIpc) is 1.63. The first-order chi connectivity index (χ1) is 69.8. The van der Waals surface area contributed by atoms with E-state index < -0.39 is 0 Å². The Morgan fingerprint density at radius 1 is 0.444 bits per heavy atom. The number of ether oxygens (including phenoxy) is 2. The molecule has 0 amide bonds. The van der Waals surface area contributed by atoms with E-state index in [0.29, 0.717) is 5.89 Å². The number of aromatic nitrogens is 12. The minimum Gasteiger partial charge on any atom is -0.493 e. The lowest BCUT2D eigenvalue weighted by molar-refractivity contribution is 0.356. The molecule has 0 bridgehead atoms. The van der Waals surface area contributed by atoms with Gasteiger partial charge in [-0.3, -0.25) is 15.1 Å². The first kappa shape index (κ1) is 106. The summed E-state index contributed by atoms with van der Waals surface area (Å²) in [5.41, 5.74) is 32.3. The maximum absolute atomic E-state index is 5.38. The normalized spacial score (nSPS) is 13.1. The number of hydrogen-bond acceptors (Lipinski definition) is 18. The molecule has 1 fully saturated rings. The number of furan rings is 1. The van der Waals surface area contributed by atoms with E-state index in [-0.39, 0.29) is 0 Å². The summed E-state index contributed by atoms with van der Waals surface area (Å²) < 4.78 is 32.0. The molecule has 27 rings (SSSR count). The number of aromatic amines is 3. The van der Waals surface area contributed by atoms with E-state index >= 15 is 0 Å². The standard InChI is InChI=1S/C10H10.C9H9N.C9H10O.C9H8O.C9H10O.2C8H8N2.2C8H7NO.C8H7NS.C8H11N.C7H9N.C7H8.2C6H7N.C3H4N2O/c1-8-5-6-9-3-2-4-10(9)7-8;1-7-3-2-4-8-5-6-10-9(7)8;2*1-7-2-3-9-8(6-7)4-5-10-9;1-7-2-3-8-4-5-10-9(8)6-7;1-6-3-2-4-7-5-9-10-8(6)7;1-6-9-7-4-2-3-5-8(7)10-6;1-6-3-2-4-7-5-9-10-8(6)7;2*1-6-9-7-4-2-3-5-8(7)10-6;1-5-4-9-6(2)8-3-7(5)8;1-6-3-4-7(2)8-5-6;1-7-5-3-2-4-6-7;1-6-3-2-4-7-5-6;1-6-4-2-3-5-7-6;1-3-5-4-2-6-3/h2,4-7H,3H2,1H3;2-6,10H,1H3;2-3,6H,4-5H2,1H3;2-6H,1H3;2-3,6H,4-5H2,1H3;2*2-5H,1H3,(H,9,10);3*2-5H,1H3;4,7-9H,2-3H2,1H3;3-5,8H,2H2,1H3;2-6H,1H3;2*2-5H,1H3;2H,1H3. The van der Waals surface area contributed by atoms with Crippen LogP contribution >= 0.6 is 11.3 Å². The first-order valence-electron chi connectivity index (χ1n) is 48.1. The Labute approximate surface area is 849 Å². The number of fused-ring (bicyclic) bond motifs is 11. The highest BCUT2D eigenvalue weighted by Gasteiger charge is 2.42. The molecule has 734 valence electrons. The Morgan fingerprint density at radius 2 is 1.12 bits per heavy atom. The smallest absolute Gasteiger partial charge is 0.213 e.